The summed E-state index contributed by atoms with van der Waals surface area (Å²) < 4.78 is 201. The van der Waals surface area contributed by atoms with Gasteiger partial charge in [-0.25, -0.2) is 33.2 Å². The summed E-state index contributed by atoms with van der Waals surface area (Å²) in [4.78, 5) is 25.2. The number of ether oxygens (including phenoxy) is 6. The zero-order chi connectivity index (χ0) is 106. The lowest BCUT2D eigenvalue weighted by Gasteiger charge is -2.26. The number of carbonyl (C=O) groups is 1. The molecule has 0 radical (unpaired) electrons. The van der Waals surface area contributed by atoms with Crippen LogP contribution in [-0.2, 0) is 194 Å². The van der Waals surface area contributed by atoms with Gasteiger partial charge in [0.25, 0.3) is 0 Å². The molecule has 1 aromatic carbocycles. The van der Waals surface area contributed by atoms with Crippen molar-refractivity contribution in [2.75, 3.05) is 310 Å². The lowest BCUT2D eigenvalue weighted by atomic mass is 10.4. The molecule has 816 valence electrons. The third-order valence-corrected chi connectivity index (χ3v) is 45.6. The molecule has 0 aliphatic carbocycles. The molecule has 0 N–H and O–H groups in total. The normalized spacial score (nSPS) is 12.7. The molecule has 0 spiro atoms. The summed E-state index contributed by atoms with van der Waals surface area (Å²) in [5.74, 6) is 1.08. The van der Waals surface area contributed by atoms with Crippen LogP contribution in [0.5, 0.6) is 0 Å². The smallest absolute Gasteiger partial charge is 0.515 e. The van der Waals surface area contributed by atoms with E-state index in [1.807, 2.05) is 43.8 Å². The fourth-order valence-electron chi connectivity index (χ4n) is 9.30. The summed E-state index contributed by atoms with van der Waals surface area (Å²) in [5, 5.41) is 0.975. The minimum absolute atomic E-state index is 0.316. The second-order valence-electron chi connectivity index (χ2n) is 25.6. The van der Waals surface area contributed by atoms with Crippen molar-refractivity contribution in [1.82, 2.24) is 0 Å². The molecule has 2 rings (SSSR count). The zero-order valence-corrected chi connectivity index (χ0v) is 102. The monoisotopic (exact) mass is 2200 g/mol. The fraction of sp³-hybridized carbons (Fsp3) is 0.787. The highest BCUT2D eigenvalue weighted by Crippen LogP contribution is 2.22. The van der Waals surface area contributed by atoms with Gasteiger partial charge in [-0.2, -0.15) is 18.3 Å². The van der Waals surface area contributed by atoms with Crippen LogP contribution in [0.15, 0.2) is 85.0 Å². The zero-order valence-electron chi connectivity index (χ0n) is 88.9. The van der Waals surface area contributed by atoms with Gasteiger partial charge in [0.2, 0.25) is 0 Å². The summed E-state index contributed by atoms with van der Waals surface area (Å²) in [6, 6.07) is 13.6. The Bertz CT molecular complexity index is 2610. The minimum atomic E-state index is -3.35. The van der Waals surface area contributed by atoms with Crippen molar-refractivity contribution in [3.8, 4) is 0 Å². The van der Waals surface area contributed by atoms with E-state index in [0.29, 0.717) is 116 Å². The molecular weight excluding hydrogens is 2030 g/mol. The molecule has 1 unspecified atom stereocenters. The average molecular weight is 2210 g/mol. The lowest BCUT2D eigenvalue weighted by molar-refractivity contribution is -0.355. The molecule has 1 saturated heterocycles. The van der Waals surface area contributed by atoms with E-state index >= 15 is 0 Å². The Morgan fingerprint density at radius 1 is 0.404 bits per heavy atom. The Hall–Kier alpha value is -1.22. The number of rotatable bonds is 73. The van der Waals surface area contributed by atoms with Gasteiger partial charge in [-0.15, -0.1) is 11.6 Å². The maximum absolute atomic E-state index is 11.1. The number of esters is 1. The number of hydrogen-bond donors (Lipinski definition) is 1. The van der Waals surface area contributed by atoms with Gasteiger partial charge in [0.15, 0.2) is 0 Å². The Balaban J connectivity index is -0.000000188. The molecule has 0 bridgehead atoms. The molecule has 0 aromatic heterocycles. The fourth-order valence-corrected chi connectivity index (χ4v) is 26.1. The third-order valence-electron chi connectivity index (χ3n) is 17.6. The van der Waals surface area contributed by atoms with E-state index in [0.717, 1.165) is 73.1 Å². The number of carbonyl (C=O) groups excluding carboxylic acids is 1. The molecule has 56 heteroatoms. The van der Waals surface area contributed by atoms with E-state index in [9.17, 15) is 4.79 Å². The van der Waals surface area contributed by atoms with Crippen LogP contribution in [0.1, 0.15) is 73.6 Å². The van der Waals surface area contributed by atoms with E-state index in [1.165, 1.54) is 0 Å². The molecule has 1 fully saturated rings. The van der Waals surface area contributed by atoms with Gasteiger partial charge in [-0.1, -0.05) is 70.0 Å². The van der Waals surface area contributed by atoms with E-state index in [-0.39, 0.29) is 5.97 Å². The number of hydrogen-bond acceptors (Lipinski definition) is 44. The van der Waals surface area contributed by atoms with Gasteiger partial charge in [-0.3, -0.25) is 0 Å². The van der Waals surface area contributed by atoms with Crippen molar-refractivity contribution >= 4 is 132 Å². The van der Waals surface area contributed by atoms with Gasteiger partial charge in [-0.05, 0) is 83.2 Å². The third kappa shape index (κ3) is 73.0. The van der Waals surface area contributed by atoms with E-state index in [4.69, 9.17) is 208 Å². The highest BCUT2D eigenvalue weighted by molar-refractivity contribution is 7.80. The second kappa shape index (κ2) is 99.7. The van der Waals surface area contributed by atoms with E-state index < -0.39 is 96.8 Å². The van der Waals surface area contributed by atoms with Crippen LogP contribution in [0.25, 0.3) is 0 Å². The van der Waals surface area contributed by atoms with Crippen molar-refractivity contribution in [1.29, 1.82) is 0 Å². The number of alkyl halides is 1. The molecule has 136 heavy (non-hydrogen) atoms. The highest BCUT2D eigenvalue weighted by Gasteiger charge is 2.45. The Morgan fingerprint density at radius 3 is 0.949 bits per heavy atom. The SMILES string of the molecule is C=C(C)C(=O)OCCC[Si](OC)(OC)OC.C=C[Si](OC)(OC)OC.C=C[Si](OC)(OC)OC.C=C[Si](OCCOC)(OCCOC)OCCOC.CCC[Si](OC)(OC)OC.CCO[Si](CCCOCC1CO1)(OC)OC.CO[Si](C)(OC)OC.CO[Si](CCCCl)(OC)OC.CO[Si](CCCS)(OC)OC.CO[Si](OC)(OC)c1ccccc1.[CH-]=C[Si](OOCC)(OOCC)OOCC. The number of methoxy groups -OCH3 is 3. The number of epoxide rings is 1. The van der Waals surface area contributed by atoms with Crippen LogP contribution in [-0.4, -0.2) is 419 Å². The van der Waals surface area contributed by atoms with Crippen molar-refractivity contribution in [3.63, 3.8) is 0 Å². The van der Waals surface area contributed by atoms with Crippen LogP contribution in [0.3, 0.4) is 0 Å². The van der Waals surface area contributed by atoms with Crippen LogP contribution in [0.4, 0.5) is 0 Å². The second-order valence-corrected chi connectivity index (χ2v) is 57.9. The van der Waals surface area contributed by atoms with E-state index in [1.54, 1.807) is 251 Å². The summed E-state index contributed by atoms with van der Waals surface area (Å²) in [6.45, 7) is 39.1. The van der Waals surface area contributed by atoms with E-state index in [2.05, 4.69) is 45.9 Å². The van der Waals surface area contributed by atoms with Crippen LogP contribution < -0.4 is 5.19 Å². The lowest BCUT2D eigenvalue weighted by Crippen LogP contribution is -2.54. The molecule has 0 amide bonds. The summed E-state index contributed by atoms with van der Waals surface area (Å²) in [6.07, 6.45) is 4.72. The molecule has 43 nitrogen and oxygen atoms in total. The molecule has 0 saturated carbocycles. The first kappa shape index (κ1) is 152. The van der Waals surface area contributed by atoms with Crippen molar-refractivity contribution in [2.24, 2.45) is 0 Å². The quantitative estimate of drug-likeness (QED) is 0.00605. The minimum Gasteiger partial charge on any atom is -0.515 e. The summed E-state index contributed by atoms with van der Waals surface area (Å²) >= 11 is 9.64. The summed E-state index contributed by atoms with van der Waals surface area (Å²) in [5.41, 5.74) is 6.26. The van der Waals surface area contributed by atoms with Crippen molar-refractivity contribution < 1.29 is 194 Å². The van der Waals surface area contributed by atoms with Crippen LogP contribution in [0.2, 0.25) is 36.8 Å². The number of benzene rings is 1. The predicted molar refractivity (Wildman–Crippen MR) is 544 cm³/mol. The van der Waals surface area contributed by atoms with Gasteiger partial charge < -0.3 is 168 Å². The molecule has 1 aliphatic rings. The number of thiol groups is 1. The van der Waals surface area contributed by atoms with Gasteiger partial charge in [0.05, 0.1) is 79.3 Å². The van der Waals surface area contributed by atoms with Crippen LogP contribution in [0, 0.1) is 6.58 Å². The standard InChI is InChI=1S/C11H24O6Si.C10H22O5Si.C10H20O5Si.C9H14O3Si.C8H17O6Si.C6H15ClO3Si.C6H16O3SSi.C6H16O3Si.2C5H12O3Si.C4H12O3Si/c1-5-18(15-9-6-12-2,16-10-7-13-3)17-11-8-14-4;1-4-15-16(11-2,12-3)7-5-6-13-8-10-9-14-10;1-9(2)10(11)15-7-6-8-16(12-3,13-4)14-5;1-10-13(11-2,12-3)9-7-5-4-6-8-9;1-5-9-12-15(8-4,13-10-6-2)14-11-7-3;1-8-11(9-2,10-3)6-4-5-7;1-7-11(8-2,9-3)6-4-5-10;1-5-6-10(7-2,8-3)9-4;2*1-5-9(6-2,7-3)8-4;1-5-8(4,6-2)7-3/h5H,1,6-11H2,2-4H3;10H,4-9H2,1-3H3;1,6-8H2,2-5H3;4-8H,1-3H3;4,8H,5-7H2,1-3H3;4-6H2,1-3H3;10H,4-6H2,1-3H3;5-6H2,1-4H3;2*5H,1H2,2-4H3;1-4H3/q;;;;-1;;;;;;. The predicted octanol–water partition coefficient (Wildman–Crippen LogP) is 10.8. The summed E-state index contributed by atoms with van der Waals surface area (Å²) in [7, 11) is 18.6. The maximum atomic E-state index is 11.1. The van der Waals surface area contributed by atoms with Crippen molar-refractivity contribution in [3.05, 3.63) is 91.6 Å². The Labute approximate surface area is 839 Å². The first-order valence-electron chi connectivity index (χ1n) is 42.9. The van der Waals surface area contributed by atoms with Gasteiger partial charge >= 0.3 is 103 Å². The molecule has 1 aromatic rings. The van der Waals surface area contributed by atoms with Crippen molar-refractivity contribution in [2.45, 2.75) is 117 Å². The molecule has 1 atom stereocenters. The average Bonchev–Trinajstić information content (AvgIpc) is 1.15. The highest BCUT2D eigenvalue weighted by atomic mass is 35.5. The Kier molecular flexibility index (Phi) is 112. The first-order valence-corrected chi connectivity index (χ1v) is 64.9. The molecule has 1 aliphatic heterocycles. The van der Waals surface area contributed by atoms with Gasteiger partial charge in [0.1, 0.15) is 6.10 Å². The molecule has 1 heterocycles. The topological polar surface area (TPSA) is 408 Å². The number of halogens is 1. The van der Waals surface area contributed by atoms with Crippen LogP contribution >= 0.6 is 24.2 Å². The van der Waals surface area contributed by atoms with Gasteiger partial charge in [0, 0.05) is 273 Å². The first-order chi connectivity index (χ1) is 64.9. The Morgan fingerprint density at radius 2 is 0.721 bits per heavy atom. The maximum Gasteiger partial charge on any atom is 0.577 e. The largest absolute Gasteiger partial charge is 0.577 e. The molecular formula is C80H180ClO43SSi11-.